The second-order valence-electron chi connectivity index (χ2n) is 3.59. The molecule has 0 bridgehead atoms. The molecule has 90 valence electrons. The second kappa shape index (κ2) is 7.17. The van der Waals surface area contributed by atoms with Crippen molar-refractivity contribution >= 4 is 0 Å². The van der Waals surface area contributed by atoms with Gasteiger partial charge in [-0.3, -0.25) is 0 Å². The van der Waals surface area contributed by atoms with E-state index in [-0.39, 0.29) is 0 Å². The third kappa shape index (κ3) is 5.07. The Balaban J connectivity index is 2.04. The van der Waals surface area contributed by atoms with Crippen molar-refractivity contribution in [1.82, 2.24) is 5.32 Å². The van der Waals surface area contributed by atoms with Gasteiger partial charge in [-0.15, -0.1) is 0 Å². The molecule has 0 aliphatic carbocycles. The Labute approximate surface area is 94.6 Å². The molecule has 0 heterocycles. The number of para-hydroxylation sites is 1. The highest BCUT2D eigenvalue weighted by atomic mass is 19.3. The highest BCUT2D eigenvalue weighted by molar-refractivity contribution is 5.20. The molecule has 1 atom stereocenters. The smallest absolute Gasteiger partial charge is 0.253 e. The summed E-state index contributed by atoms with van der Waals surface area (Å²) in [6.07, 6.45) is -1.60. The molecule has 0 spiro atoms. The molecule has 0 fully saturated rings. The van der Waals surface area contributed by atoms with Crippen molar-refractivity contribution in [3.05, 3.63) is 30.3 Å². The summed E-state index contributed by atoms with van der Waals surface area (Å²) in [4.78, 5) is 0. The van der Waals surface area contributed by atoms with E-state index in [9.17, 15) is 8.78 Å². The van der Waals surface area contributed by atoms with Crippen LogP contribution in [0.2, 0.25) is 0 Å². The quantitative estimate of drug-likeness (QED) is 0.726. The standard InChI is InChI=1S/C12H17F2NO/c1-10(12(13)14)15-8-5-9-16-11-6-3-2-4-7-11/h2-4,6-7,10,12,15H,5,8-9H2,1H3. The van der Waals surface area contributed by atoms with Gasteiger partial charge in [0.05, 0.1) is 12.6 Å². The van der Waals surface area contributed by atoms with Gasteiger partial charge in [0.25, 0.3) is 6.43 Å². The van der Waals surface area contributed by atoms with Crippen LogP contribution in [-0.4, -0.2) is 25.6 Å². The molecular weight excluding hydrogens is 212 g/mol. The number of hydrogen-bond donors (Lipinski definition) is 1. The molecule has 1 unspecified atom stereocenters. The van der Waals surface area contributed by atoms with Crippen LogP contribution < -0.4 is 10.1 Å². The van der Waals surface area contributed by atoms with E-state index in [2.05, 4.69) is 5.32 Å². The molecule has 1 rings (SSSR count). The molecule has 0 saturated heterocycles. The van der Waals surface area contributed by atoms with Crippen LogP contribution in [0.3, 0.4) is 0 Å². The highest BCUT2D eigenvalue weighted by Crippen LogP contribution is 2.08. The fourth-order valence-corrected chi connectivity index (χ4v) is 1.20. The molecule has 0 amide bonds. The average Bonchev–Trinajstić information content (AvgIpc) is 2.29. The Bertz CT molecular complexity index is 280. The first-order chi connectivity index (χ1) is 7.70. The highest BCUT2D eigenvalue weighted by Gasteiger charge is 2.12. The van der Waals surface area contributed by atoms with Crippen LogP contribution in [0.5, 0.6) is 5.75 Å². The molecular formula is C12H17F2NO. The predicted octanol–water partition coefficient (Wildman–Crippen LogP) is 2.70. The number of alkyl halides is 2. The van der Waals surface area contributed by atoms with E-state index in [1.807, 2.05) is 30.3 Å². The lowest BCUT2D eigenvalue weighted by Gasteiger charge is -2.12. The average molecular weight is 229 g/mol. The van der Waals surface area contributed by atoms with Crippen molar-refractivity contribution in [3.63, 3.8) is 0 Å². The third-order valence-electron chi connectivity index (χ3n) is 2.18. The van der Waals surface area contributed by atoms with Gasteiger partial charge in [0.15, 0.2) is 0 Å². The van der Waals surface area contributed by atoms with E-state index in [0.29, 0.717) is 19.6 Å². The van der Waals surface area contributed by atoms with E-state index in [1.165, 1.54) is 6.92 Å². The Morgan fingerprint density at radius 2 is 1.94 bits per heavy atom. The van der Waals surface area contributed by atoms with Crippen LogP contribution >= 0.6 is 0 Å². The number of ether oxygens (including phenoxy) is 1. The first kappa shape index (κ1) is 12.9. The Morgan fingerprint density at radius 1 is 1.25 bits per heavy atom. The summed E-state index contributed by atoms with van der Waals surface area (Å²) in [5, 5.41) is 2.74. The van der Waals surface area contributed by atoms with Crippen LogP contribution in [-0.2, 0) is 0 Å². The van der Waals surface area contributed by atoms with Crippen molar-refractivity contribution in [3.8, 4) is 5.75 Å². The molecule has 1 N–H and O–H groups in total. The van der Waals surface area contributed by atoms with Gasteiger partial charge in [-0.25, -0.2) is 8.78 Å². The van der Waals surface area contributed by atoms with Crippen molar-refractivity contribution < 1.29 is 13.5 Å². The van der Waals surface area contributed by atoms with Crippen LogP contribution in [0, 0.1) is 0 Å². The zero-order chi connectivity index (χ0) is 11.8. The third-order valence-corrected chi connectivity index (χ3v) is 2.18. The molecule has 1 aromatic carbocycles. The summed E-state index contributed by atoms with van der Waals surface area (Å²) < 4.78 is 29.6. The molecule has 16 heavy (non-hydrogen) atoms. The van der Waals surface area contributed by atoms with Crippen molar-refractivity contribution in [2.75, 3.05) is 13.2 Å². The summed E-state index contributed by atoms with van der Waals surface area (Å²) in [6.45, 7) is 2.55. The Hall–Kier alpha value is -1.16. The van der Waals surface area contributed by atoms with Gasteiger partial charge in [-0.2, -0.15) is 0 Å². The predicted molar refractivity (Wildman–Crippen MR) is 60.0 cm³/mol. The van der Waals surface area contributed by atoms with E-state index in [1.54, 1.807) is 0 Å². The van der Waals surface area contributed by atoms with Gasteiger partial charge in [0.2, 0.25) is 0 Å². The largest absolute Gasteiger partial charge is 0.494 e. The van der Waals surface area contributed by atoms with Crippen molar-refractivity contribution in [2.45, 2.75) is 25.8 Å². The van der Waals surface area contributed by atoms with Gasteiger partial charge in [0.1, 0.15) is 5.75 Å². The summed E-state index contributed by atoms with van der Waals surface area (Å²) in [5.74, 6) is 0.810. The van der Waals surface area contributed by atoms with Gasteiger partial charge >= 0.3 is 0 Å². The second-order valence-corrected chi connectivity index (χ2v) is 3.59. The zero-order valence-corrected chi connectivity index (χ0v) is 9.33. The Morgan fingerprint density at radius 3 is 2.56 bits per heavy atom. The van der Waals surface area contributed by atoms with Crippen LogP contribution in [0.15, 0.2) is 30.3 Å². The fourth-order valence-electron chi connectivity index (χ4n) is 1.20. The summed E-state index contributed by atoms with van der Waals surface area (Å²) in [5.41, 5.74) is 0. The lowest BCUT2D eigenvalue weighted by molar-refractivity contribution is 0.105. The summed E-state index contributed by atoms with van der Waals surface area (Å²) in [6, 6.07) is 8.69. The molecule has 1 aromatic rings. The fraction of sp³-hybridized carbons (Fsp3) is 0.500. The lowest BCUT2D eigenvalue weighted by atomic mass is 10.3. The van der Waals surface area contributed by atoms with E-state index >= 15 is 0 Å². The number of rotatable bonds is 7. The molecule has 0 aliphatic heterocycles. The molecule has 4 heteroatoms. The Kier molecular flexibility index (Phi) is 5.78. The van der Waals surface area contributed by atoms with E-state index in [4.69, 9.17) is 4.74 Å². The van der Waals surface area contributed by atoms with E-state index < -0.39 is 12.5 Å². The number of benzene rings is 1. The van der Waals surface area contributed by atoms with Gasteiger partial charge in [-0.1, -0.05) is 18.2 Å². The molecule has 2 nitrogen and oxygen atoms in total. The summed E-state index contributed by atoms with van der Waals surface area (Å²) in [7, 11) is 0. The summed E-state index contributed by atoms with van der Waals surface area (Å²) >= 11 is 0. The van der Waals surface area contributed by atoms with Crippen molar-refractivity contribution in [1.29, 1.82) is 0 Å². The van der Waals surface area contributed by atoms with Gasteiger partial charge < -0.3 is 10.1 Å². The van der Waals surface area contributed by atoms with Crippen molar-refractivity contribution in [2.24, 2.45) is 0 Å². The zero-order valence-electron chi connectivity index (χ0n) is 9.33. The van der Waals surface area contributed by atoms with Crippen LogP contribution in [0.25, 0.3) is 0 Å². The lowest BCUT2D eigenvalue weighted by Crippen LogP contribution is -2.33. The number of hydrogen-bond acceptors (Lipinski definition) is 2. The van der Waals surface area contributed by atoms with E-state index in [0.717, 1.165) is 5.75 Å². The van der Waals surface area contributed by atoms with Crippen LogP contribution in [0.1, 0.15) is 13.3 Å². The molecule has 0 aliphatic rings. The minimum Gasteiger partial charge on any atom is -0.494 e. The van der Waals surface area contributed by atoms with Gasteiger partial charge in [-0.05, 0) is 32.0 Å². The topological polar surface area (TPSA) is 21.3 Å². The number of halogens is 2. The maximum absolute atomic E-state index is 12.1. The minimum absolute atomic E-state index is 0.535. The number of nitrogens with one attached hydrogen (secondary N) is 1. The first-order valence-corrected chi connectivity index (χ1v) is 5.39. The first-order valence-electron chi connectivity index (χ1n) is 5.39. The maximum Gasteiger partial charge on any atom is 0.253 e. The normalized spacial score (nSPS) is 12.8. The molecule has 0 saturated carbocycles. The van der Waals surface area contributed by atoms with Crippen LogP contribution in [0.4, 0.5) is 8.78 Å². The minimum atomic E-state index is -2.31. The maximum atomic E-state index is 12.1. The molecule has 0 radical (unpaired) electrons. The van der Waals surface area contributed by atoms with Gasteiger partial charge in [0, 0.05) is 0 Å². The monoisotopic (exact) mass is 229 g/mol. The SMILES string of the molecule is CC(NCCCOc1ccccc1)C(F)F. The molecule has 0 aromatic heterocycles.